The number of sulfonamides is 1. The molecule has 0 fully saturated rings. The highest BCUT2D eigenvalue weighted by atomic mass is 32.2. The van der Waals surface area contributed by atoms with E-state index in [9.17, 15) is 13.2 Å². The van der Waals surface area contributed by atoms with E-state index in [1.54, 1.807) is 30.9 Å². The van der Waals surface area contributed by atoms with Gasteiger partial charge in [0.15, 0.2) is 0 Å². The fourth-order valence-electron chi connectivity index (χ4n) is 2.40. The van der Waals surface area contributed by atoms with E-state index in [1.807, 2.05) is 6.07 Å². The van der Waals surface area contributed by atoms with Gasteiger partial charge in [0.05, 0.1) is 5.25 Å². The van der Waals surface area contributed by atoms with Gasteiger partial charge in [-0.15, -0.1) is 0 Å². The summed E-state index contributed by atoms with van der Waals surface area (Å²) < 4.78 is 31.4. The minimum absolute atomic E-state index is 0.0428. The molecular weight excluding hydrogens is 304 g/mol. The van der Waals surface area contributed by atoms with Crippen LogP contribution in [-0.4, -0.2) is 39.8 Å². The second-order valence-corrected chi connectivity index (χ2v) is 7.86. The van der Waals surface area contributed by atoms with Gasteiger partial charge in [0.1, 0.15) is 6.61 Å². The van der Waals surface area contributed by atoms with E-state index in [0.29, 0.717) is 12.2 Å². The molecule has 1 N–H and O–H groups in total. The topological polar surface area (TPSA) is 75.7 Å². The largest absolute Gasteiger partial charge is 0.375 e. The Hall–Kier alpha value is -1.60. The Balaban J connectivity index is 2.26. The predicted molar refractivity (Wildman–Crippen MR) is 86.7 cm³/mol. The van der Waals surface area contributed by atoms with Crippen LogP contribution in [0.25, 0.3) is 0 Å². The molecule has 0 atom stereocenters. The Bertz CT molecular complexity index is 656. The van der Waals surface area contributed by atoms with E-state index in [0.717, 1.165) is 24.1 Å². The van der Waals surface area contributed by atoms with E-state index in [1.165, 1.54) is 7.11 Å². The number of carbonyl (C=O) groups excluding carboxylic acids is 1. The number of carbonyl (C=O) groups is 1. The van der Waals surface area contributed by atoms with Gasteiger partial charge in [0.2, 0.25) is 10.0 Å². The summed E-state index contributed by atoms with van der Waals surface area (Å²) in [6.07, 6.45) is 1.67. The van der Waals surface area contributed by atoms with Crippen LogP contribution in [0.4, 0.5) is 11.4 Å². The number of hydrogen-bond acceptors (Lipinski definition) is 4. The zero-order valence-corrected chi connectivity index (χ0v) is 13.9. The second-order valence-electron chi connectivity index (χ2n) is 5.62. The average molecular weight is 326 g/mol. The molecule has 1 heterocycles. The Kier molecular flexibility index (Phi) is 5.08. The van der Waals surface area contributed by atoms with Gasteiger partial charge < -0.3 is 9.64 Å². The number of nitrogens with one attached hydrogen (secondary N) is 1. The molecule has 1 aromatic rings. The number of hydrogen-bond donors (Lipinski definition) is 1. The van der Waals surface area contributed by atoms with Gasteiger partial charge in [-0.1, -0.05) is 0 Å². The van der Waals surface area contributed by atoms with Crippen LogP contribution in [0.1, 0.15) is 25.8 Å². The number of anilines is 2. The average Bonchev–Trinajstić information content (AvgIpc) is 2.46. The molecule has 0 bridgehead atoms. The molecule has 0 spiro atoms. The molecule has 0 radical (unpaired) electrons. The fraction of sp³-hybridized carbons (Fsp3) is 0.533. The number of amides is 1. The number of rotatable bonds is 5. The minimum Gasteiger partial charge on any atom is -0.375 e. The van der Waals surface area contributed by atoms with Crippen LogP contribution in [0, 0.1) is 0 Å². The van der Waals surface area contributed by atoms with E-state index in [4.69, 9.17) is 4.74 Å². The minimum atomic E-state index is -3.37. The van der Waals surface area contributed by atoms with Crippen LogP contribution in [0.15, 0.2) is 18.2 Å². The van der Waals surface area contributed by atoms with E-state index in [-0.39, 0.29) is 12.5 Å². The number of fused-ring (bicyclic) bond motifs is 1. The zero-order chi connectivity index (χ0) is 16.3. The first-order valence-electron chi connectivity index (χ1n) is 7.29. The molecule has 6 nitrogen and oxygen atoms in total. The normalized spacial score (nSPS) is 14.8. The maximum absolute atomic E-state index is 12.1. The van der Waals surface area contributed by atoms with Crippen molar-refractivity contribution in [3.05, 3.63) is 23.8 Å². The Labute approximate surface area is 131 Å². The number of nitrogens with zero attached hydrogens (tertiary/aromatic N) is 1. The highest BCUT2D eigenvalue weighted by Gasteiger charge is 2.23. The summed E-state index contributed by atoms with van der Waals surface area (Å²) in [5.74, 6) is -0.0843. The van der Waals surface area contributed by atoms with Crippen LogP contribution >= 0.6 is 0 Å². The van der Waals surface area contributed by atoms with E-state index in [2.05, 4.69) is 4.72 Å². The van der Waals surface area contributed by atoms with E-state index < -0.39 is 15.3 Å². The highest BCUT2D eigenvalue weighted by Crippen LogP contribution is 2.30. The molecule has 0 aromatic heterocycles. The monoisotopic (exact) mass is 326 g/mol. The first-order valence-corrected chi connectivity index (χ1v) is 8.83. The van der Waals surface area contributed by atoms with Crippen molar-refractivity contribution >= 4 is 27.3 Å². The van der Waals surface area contributed by atoms with Gasteiger partial charge in [-0.3, -0.25) is 9.52 Å². The van der Waals surface area contributed by atoms with Crippen LogP contribution in [-0.2, 0) is 26.0 Å². The lowest BCUT2D eigenvalue weighted by atomic mass is 10.0. The lowest BCUT2D eigenvalue weighted by Gasteiger charge is -2.29. The molecule has 0 aliphatic carbocycles. The molecule has 1 aromatic carbocycles. The maximum atomic E-state index is 12.1. The SMILES string of the molecule is COCC(=O)N1CCCc2cc(NS(=O)(=O)C(C)C)ccc21. The molecule has 0 saturated carbocycles. The van der Waals surface area contributed by atoms with Gasteiger partial charge >= 0.3 is 0 Å². The smallest absolute Gasteiger partial charge is 0.252 e. The third-order valence-corrected chi connectivity index (χ3v) is 5.41. The highest BCUT2D eigenvalue weighted by molar-refractivity contribution is 7.93. The molecule has 122 valence electrons. The maximum Gasteiger partial charge on any atom is 0.252 e. The van der Waals surface area contributed by atoms with Crippen molar-refractivity contribution in [3.8, 4) is 0 Å². The molecule has 7 heteroatoms. The molecule has 22 heavy (non-hydrogen) atoms. The van der Waals surface area contributed by atoms with Crippen molar-refractivity contribution in [2.75, 3.05) is 29.9 Å². The molecule has 1 aliphatic heterocycles. The van der Waals surface area contributed by atoms with Crippen LogP contribution in [0.2, 0.25) is 0 Å². The standard InChI is InChI=1S/C15H22N2O4S/c1-11(2)22(19,20)16-13-6-7-14-12(9-13)5-4-8-17(14)15(18)10-21-3/h6-7,9,11,16H,4-5,8,10H2,1-3H3. The second kappa shape index (κ2) is 6.66. The van der Waals surface area contributed by atoms with Crippen molar-refractivity contribution in [3.63, 3.8) is 0 Å². The summed E-state index contributed by atoms with van der Waals surface area (Å²) in [7, 11) is -1.87. The number of methoxy groups -OCH3 is 1. The van der Waals surface area contributed by atoms with Crippen molar-refractivity contribution in [2.24, 2.45) is 0 Å². The fourth-order valence-corrected chi connectivity index (χ4v) is 3.09. The van der Waals surface area contributed by atoms with Gasteiger partial charge in [0.25, 0.3) is 5.91 Å². The summed E-state index contributed by atoms with van der Waals surface area (Å²) in [6, 6.07) is 5.29. The first kappa shape index (κ1) is 16.8. The van der Waals surface area contributed by atoms with Crippen molar-refractivity contribution in [1.82, 2.24) is 0 Å². The molecule has 1 aliphatic rings. The zero-order valence-electron chi connectivity index (χ0n) is 13.1. The summed E-state index contributed by atoms with van der Waals surface area (Å²) >= 11 is 0. The first-order chi connectivity index (χ1) is 10.3. The third kappa shape index (κ3) is 3.59. The lowest BCUT2D eigenvalue weighted by molar-refractivity contribution is -0.122. The Morgan fingerprint density at radius 3 is 2.77 bits per heavy atom. The quantitative estimate of drug-likeness (QED) is 0.894. The Morgan fingerprint density at radius 2 is 2.14 bits per heavy atom. The predicted octanol–water partition coefficient (Wildman–Crippen LogP) is 1.76. The summed E-state index contributed by atoms with van der Waals surface area (Å²) in [5, 5.41) is -0.497. The molecule has 0 saturated heterocycles. The number of aryl methyl sites for hydroxylation is 1. The summed E-state index contributed by atoms with van der Waals surface area (Å²) in [5.41, 5.74) is 2.34. The van der Waals surface area contributed by atoms with Gasteiger partial charge in [0, 0.05) is 25.0 Å². The van der Waals surface area contributed by atoms with Gasteiger partial charge in [-0.2, -0.15) is 0 Å². The van der Waals surface area contributed by atoms with Gasteiger partial charge in [-0.25, -0.2) is 8.42 Å². The van der Waals surface area contributed by atoms with Crippen LogP contribution in [0.5, 0.6) is 0 Å². The van der Waals surface area contributed by atoms with Gasteiger partial charge in [-0.05, 0) is 50.5 Å². The van der Waals surface area contributed by atoms with E-state index >= 15 is 0 Å². The third-order valence-electron chi connectivity index (χ3n) is 3.65. The molecular formula is C15H22N2O4S. The molecule has 0 unspecified atom stereocenters. The van der Waals surface area contributed by atoms with Crippen molar-refractivity contribution in [2.45, 2.75) is 31.9 Å². The lowest BCUT2D eigenvalue weighted by Crippen LogP contribution is -2.37. The molecule has 1 amide bonds. The number of benzene rings is 1. The summed E-state index contributed by atoms with van der Waals surface area (Å²) in [6.45, 7) is 3.96. The number of ether oxygens (including phenoxy) is 1. The van der Waals surface area contributed by atoms with Crippen molar-refractivity contribution < 1.29 is 17.9 Å². The Morgan fingerprint density at radius 1 is 1.41 bits per heavy atom. The molecule has 2 rings (SSSR count). The van der Waals surface area contributed by atoms with Crippen molar-refractivity contribution in [1.29, 1.82) is 0 Å². The van der Waals surface area contributed by atoms with Crippen LogP contribution in [0.3, 0.4) is 0 Å². The van der Waals surface area contributed by atoms with Crippen LogP contribution < -0.4 is 9.62 Å². The summed E-state index contributed by atoms with van der Waals surface area (Å²) in [4.78, 5) is 13.8.